The summed E-state index contributed by atoms with van der Waals surface area (Å²) < 4.78 is 5.76. The van der Waals surface area contributed by atoms with Crippen molar-refractivity contribution in [3.63, 3.8) is 0 Å². The molecule has 110 valence electrons. The lowest BCUT2D eigenvalue weighted by Crippen LogP contribution is -2.09. The van der Waals surface area contributed by atoms with Gasteiger partial charge in [-0.2, -0.15) is 0 Å². The number of hydrogen-bond acceptors (Lipinski definition) is 4. The first-order valence-corrected chi connectivity index (χ1v) is 7.34. The Kier molecular flexibility index (Phi) is 5.09. The Bertz CT molecular complexity index is 659. The molecule has 0 saturated carbocycles. The van der Waals surface area contributed by atoms with Crippen LogP contribution in [0.3, 0.4) is 0 Å². The van der Waals surface area contributed by atoms with E-state index in [9.17, 15) is 4.79 Å². The van der Waals surface area contributed by atoms with Crippen LogP contribution in [0.25, 0.3) is 0 Å². The summed E-state index contributed by atoms with van der Waals surface area (Å²) in [6, 6.07) is 11.0. The van der Waals surface area contributed by atoms with Crippen molar-refractivity contribution in [3.05, 3.63) is 57.0 Å². The Hall–Kier alpha value is -1.72. The summed E-state index contributed by atoms with van der Waals surface area (Å²) in [5.74, 6) is -0.484. The highest BCUT2D eigenvalue weighted by Gasteiger charge is 2.16. The Balaban J connectivity index is 2.26. The molecule has 4 nitrogen and oxygen atoms in total. The summed E-state index contributed by atoms with van der Waals surface area (Å²) in [6.45, 7) is 0.529. The van der Waals surface area contributed by atoms with Gasteiger partial charge in [0.15, 0.2) is 0 Å². The third-order valence-electron chi connectivity index (χ3n) is 2.90. The number of carbonyl (C=O) groups excluding carboxylic acids is 1. The fourth-order valence-corrected chi connectivity index (χ4v) is 2.43. The number of ether oxygens (including phenoxy) is 1. The lowest BCUT2D eigenvalue weighted by Gasteiger charge is -2.13. The number of carbonyl (C=O) groups is 1. The minimum atomic E-state index is -0.484. The number of benzene rings is 2. The lowest BCUT2D eigenvalue weighted by molar-refractivity contribution is 0.0602. The summed E-state index contributed by atoms with van der Waals surface area (Å²) >= 11 is 9.55. The number of methoxy groups -OCH3 is 1. The molecule has 0 spiro atoms. The zero-order chi connectivity index (χ0) is 15.4. The number of nitrogens with two attached hydrogens (primary N) is 1. The highest BCUT2D eigenvalue weighted by atomic mass is 79.9. The van der Waals surface area contributed by atoms with Gasteiger partial charge < -0.3 is 15.8 Å². The Morgan fingerprint density at radius 1 is 1.33 bits per heavy atom. The van der Waals surface area contributed by atoms with Crippen molar-refractivity contribution >= 4 is 44.9 Å². The van der Waals surface area contributed by atoms with Gasteiger partial charge in [0.25, 0.3) is 0 Å². The van der Waals surface area contributed by atoms with Gasteiger partial charge in [-0.25, -0.2) is 4.79 Å². The van der Waals surface area contributed by atoms with E-state index < -0.39 is 5.97 Å². The van der Waals surface area contributed by atoms with Crippen LogP contribution in [0.1, 0.15) is 15.9 Å². The molecule has 21 heavy (non-hydrogen) atoms. The second kappa shape index (κ2) is 6.83. The van der Waals surface area contributed by atoms with Crippen LogP contribution < -0.4 is 11.1 Å². The van der Waals surface area contributed by atoms with Gasteiger partial charge in [-0.15, -0.1) is 0 Å². The monoisotopic (exact) mass is 368 g/mol. The van der Waals surface area contributed by atoms with Crippen molar-refractivity contribution in [1.29, 1.82) is 0 Å². The van der Waals surface area contributed by atoms with E-state index in [1.54, 1.807) is 12.1 Å². The second-order valence-corrected chi connectivity index (χ2v) is 5.72. The summed E-state index contributed by atoms with van der Waals surface area (Å²) in [7, 11) is 1.32. The van der Waals surface area contributed by atoms with Gasteiger partial charge in [0.1, 0.15) is 0 Å². The summed E-state index contributed by atoms with van der Waals surface area (Å²) in [5.41, 5.74) is 8.02. The molecule has 2 aromatic rings. The highest BCUT2D eigenvalue weighted by molar-refractivity contribution is 9.10. The molecule has 0 bridgehead atoms. The maximum absolute atomic E-state index is 11.8. The molecule has 2 aromatic carbocycles. The second-order valence-electron chi connectivity index (χ2n) is 4.40. The Labute approximate surface area is 136 Å². The van der Waals surface area contributed by atoms with Crippen LogP contribution in [-0.2, 0) is 11.3 Å². The SMILES string of the molecule is COC(=O)c1cc(N)cc(Cl)c1NCc1ccc(Br)cc1. The first-order chi connectivity index (χ1) is 10.0. The van der Waals surface area contributed by atoms with Crippen LogP contribution in [-0.4, -0.2) is 13.1 Å². The standard InChI is InChI=1S/C15H14BrClN2O2/c1-21-15(20)12-6-11(18)7-13(17)14(12)19-8-9-2-4-10(16)5-3-9/h2-7,19H,8,18H2,1H3. The molecule has 0 aliphatic rings. The Morgan fingerprint density at radius 2 is 2.00 bits per heavy atom. The molecule has 6 heteroatoms. The zero-order valence-corrected chi connectivity index (χ0v) is 13.7. The fraction of sp³-hybridized carbons (Fsp3) is 0.133. The molecule has 2 rings (SSSR count). The van der Waals surface area contributed by atoms with E-state index >= 15 is 0 Å². The topological polar surface area (TPSA) is 64.3 Å². The first-order valence-electron chi connectivity index (χ1n) is 6.17. The van der Waals surface area contributed by atoms with Crippen molar-refractivity contribution in [2.75, 3.05) is 18.2 Å². The van der Waals surface area contributed by atoms with Crippen LogP contribution in [0, 0.1) is 0 Å². The normalized spacial score (nSPS) is 10.2. The van der Waals surface area contributed by atoms with Crippen molar-refractivity contribution in [3.8, 4) is 0 Å². The number of nitrogens with one attached hydrogen (secondary N) is 1. The fourth-order valence-electron chi connectivity index (χ4n) is 1.87. The van der Waals surface area contributed by atoms with Gasteiger partial charge in [0.05, 0.1) is 23.4 Å². The van der Waals surface area contributed by atoms with E-state index in [2.05, 4.69) is 21.2 Å². The molecule has 0 fully saturated rings. The van der Waals surface area contributed by atoms with Crippen LogP contribution >= 0.6 is 27.5 Å². The number of hydrogen-bond donors (Lipinski definition) is 2. The van der Waals surface area contributed by atoms with Gasteiger partial charge in [-0.1, -0.05) is 39.7 Å². The third kappa shape index (κ3) is 3.89. The van der Waals surface area contributed by atoms with Crippen molar-refractivity contribution in [2.45, 2.75) is 6.54 Å². The van der Waals surface area contributed by atoms with Crippen LogP contribution in [0.15, 0.2) is 40.9 Å². The molecule has 0 saturated heterocycles. The third-order valence-corrected chi connectivity index (χ3v) is 3.73. The average molecular weight is 370 g/mol. The van der Waals surface area contributed by atoms with Gasteiger partial charge in [-0.3, -0.25) is 0 Å². The number of nitrogen functional groups attached to an aromatic ring is 1. The highest BCUT2D eigenvalue weighted by Crippen LogP contribution is 2.30. The minimum absolute atomic E-state index is 0.319. The number of anilines is 2. The van der Waals surface area contributed by atoms with Gasteiger partial charge in [0, 0.05) is 16.7 Å². The molecular weight excluding hydrogens is 356 g/mol. The predicted octanol–water partition coefficient (Wildman–Crippen LogP) is 4.08. The maximum Gasteiger partial charge on any atom is 0.340 e. The molecule has 0 radical (unpaired) electrons. The molecule has 0 unspecified atom stereocenters. The van der Waals surface area contributed by atoms with Gasteiger partial charge >= 0.3 is 5.97 Å². The summed E-state index contributed by atoms with van der Waals surface area (Å²) in [4.78, 5) is 11.8. The zero-order valence-electron chi connectivity index (χ0n) is 11.3. The van der Waals surface area contributed by atoms with Crippen molar-refractivity contribution in [2.24, 2.45) is 0 Å². The quantitative estimate of drug-likeness (QED) is 0.629. The smallest absolute Gasteiger partial charge is 0.340 e. The van der Waals surface area contributed by atoms with E-state index in [0.29, 0.717) is 28.5 Å². The lowest BCUT2D eigenvalue weighted by atomic mass is 10.1. The van der Waals surface area contributed by atoms with E-state index in [1.807, 2.05) is 24.3 Å². The molecule has 0 aliphatic heterocycles. The predicted molar refractivity (Wildman–Crippen MR) is 88.7 cm³/mol. The van der Waals surface area contributed by atoms with E-state index in [-0.39, 0.29) is 0 Å². The first kappa shape index (κ1) is 15.7. The van der Waals surface area contributed by atoms with Crippen LogP contribution in [0.4, 0.5) is 11.4 Å². The van der Waals surface area contributed by atoms with Crippen LogP contribution in [0.5, 0.6) is 0 Å². The number of esters is 1. The van der Waals surface area contributed by atoms with E-state index in [4.69, 9.17) is 22.1 Å². The minimum Gasteiger partial charge on any atom is -0.465 e. The molecular formula is C15H14BrClN2O2. The summed E-state index contributed by atoms with van der Waals surface area (Å²) in [5, 5.41) is 3.54. The van der Waals surface area contributed by atoms with Gasteiger partial charge in [0.2, 0.25) is 0 Å². The van der Waals surface area contributed by atoms with Crippen molar-refractivity contribution < 1.29 is 9.53 Å². The van der Waals surface area contributed by atoms with Crippen LogP contribution in [0.2, 0.25) is 5.02 Å². The molecule has 0 aromatic heterocycles. The molecule has 0 heterocycles. The number of rotatable bonds is 4. The largest absolute Gasteiger partial charge is 0.465 e. The molecule has 0 atom stereocenters. The molecule has 0 aliphatic carbocycles. The van der Waals surface area contributed by atoms with Crippen molar-refractivity contribution in [1.82, 2.24) is 0 Å². The van der Waals surface area contributed by atoms with E-state index in [0.717, 1.165) is 10.0 Å². The van der Waals surface area contributed by atoms with E-state index in [1.165, 1.54) is 7.11 Å². The maximum atomic E-state index is 11.8. The molecule has 3 N–H and O–H groups in total. The molecule has 0 amide bonds. The summed E-state index contributed by atoms with van der Waals surface area (Å²) in [6.07, 6.45) is 0. The number of halogens is 2. The average Bonchev–Trinajstić information content (AvgIpc) is 2.46. The van der Waals surface area contributed by atoms with Gasteiger partial charge in [-0.05, 0) is 29.8 Å². The Morgan fingerprint density at radius 3 is 2.62 bits per heavy atom.